The van der Waals surface area contributed by atoms with Crippen molar-refractivity contribution in [3.05, 3.63) is 41.9 Å². The van der Waals surface area contributed by atoms with Crippen molar-refractivity contribution >= 4 is 5.97 Å². The smallest absolute Gasteiger partial charge is 0.358 e. The minimum absolute atomic E-state index is 0.150. The Labute approximate surface area is 118 Å². The van der Waals surface area contributed by atoms with Crippen LogP contribution in [0.15, 0.2) is 29.0 Å². The zero-order valence-electron chi connectivity index (χ0n) is 11.0. The molecule has 0 spiro atoms. The van der Waals surface area contributed by atoms with Gasteiger partial charge in [-0.1, -0.05) is 10.4 Å². The Morgan fingerprint density at radius 3 is 2.95 bits per heavy atom. The second-order valence-corrected chi connectivity index (χ2v) is 4.22. The SMILES string of the molecule is Cc1nc(Cn2nnc(C(=O)O)c2-c2cccnc2)no1. The van der Waals surface area contributed by atoms with E-state index in [2.05, 4.69) is 25.4 Å². The highest BCUT2D eigenvalue weighted by Gasteiger charge is 2.21. The van der Waals surface area contributed by atoms with Crippen molar-refractivity contribution in [2.45, 2.75) is 13.5 Å². The van der Waals surface area contributed by atoms with E-state index < -0.39 is 5.97 Å². The fourth-order valence-electron chi connectivity index (χ4n) is 1.90. The van der Waals surface area contributed by atoms with E-state index >= 15 is 0 Å². The lowest BCUT2D eigenvalue weighted by molar-refractivity contribution is 0.0691. The van der Waals surface area contributed by atoms with Crippen LogP contribution >= 0.6 is 0 Å². The molecule has 0 aliphatic carbocycles. The average molecular weight is 286 g/mol. The van der Waals surface area contributed by atoms with Gasteiger partial charge in [-0.15, -0.1) is 5.10 Å². The van der Waals surface area contributed by atoms with Crippen molar-refractivity contribution in [2.24, 2.45) is 0 Å². The van der Waals surface area contributed by atoms with Crippen LogP contribution in [0.5, 0.6) is 0 Å². The summed E-state index contributed by atoms with van der Waals surface area (Å²) in [6.45, 7) is 1.82. The standard InChI is InChI=1S/C12H10N6O3/c1-7-14-9(16-21-7)6-18-11(8-3-2-4-13-5-8)10(12(19)20)15-17-18/h2-5H,6H2,1H3,(H,19,20). The average Bonchev–Trinajstić information content (AvgIpc) is 3.07. The Morgan fingerprint density at radius 2 is 2.33 bits per heavy atom. The summed E-state index contributed by atoms with van der Waals surface area (Å²) >= 11 is 0. The molecule has 0 bridgehead atoms. The van der Waals surface area contributed by atoms with Crippen LogP contribution in [0.4, 0.5) is 0 Å². The summed E-state index contributed by atoms with van der Waals surface area (Å²) in [5.41, 5.74) is 0.793. The molecule has 1 N–H and O–H groups in total. The number of aromatic carboxylic acids is 1. The number of rotatable bonds is 4. The summed E-state index contributed by atoms with van der Waals surface area (Å²) < 4.78 is 6.29. The molecule has 0 aliphatic rings. The molecule has 106 valence electrons. The normalized spacial score (nSPS) is 10.7. The monoisotopic (exact) mass is 286 g/mol. The Bertz CT molecular complexity index is 779. The maximum atomic E-state index is 11.3. The number of aryl methyl sites for hydroxylation is 1. The van der Waals surface area contributed by atoms with E-state index in [1.807, 2.05) is 0 Å². The summed E-state index contributed by atoms with van der Waals surface area (Å²) in [4.78, 5) is 19.3. The van der Waals surface area contributed by atoms with Gasteiger partial charge in [-0.25, -0.2) is 9.48 Å². The van der Waals surface area contributed by atoms with Gasteiger partial charge in [-0.3, -0.25) is 4.98 Å². The third-order valence-electron chi connectivity index (χ3n) is 2.73. The van der Waals surface area contributed by atoms with Gasteiger partial charge in [0.1, 0.15) is 12.2 Å². The Balaban J connectivity index is 2.07. The first-order chi connectivity index (χ1) is 10.1. The van der Waals surface area contributed by atoms with Crippen molar-refractivity contribution in [3.8, 4) is 11.3 Å². The van der Waals surface area contributed by atoms with Crippen LogP contribution in [-0.4, -0.2) is 41.2 Å². The highest BCUT2D eigenvalue weighted by atomic mass is 16.5. The predicted molar refractivity (Wildman–Crippen MR) is 68.3 cm³/mol. The molecule has 9 nitrogen and oxygen atoms in total. The maximum absolute atomic E-state index is 11.3. The highest BCUT2D eigenvalue weighted by Crippen LogP contribution is 2.21. The fraction of sp³-hybridized carbons (Fsp3) is 0.167. The summed E-state index contributed by atoms with van der Waals surface area (Å²) in [6.07, 6.45) is 3.14. The number of hydrogen-bond acceptors (Lipinski definition) is 7. The lowest BCUT2D eigenvalue weighted by Crippen LogP contribution is -2.07. The summed E-state index contributed by atoms with van der Waals surface area (Å²) in [5.74, 6) is -0.352. The Kier molecular flexibility index (Phi) is 3.14. The minimum atomic E-state index is -1.16. The lowest BCUT2D eigenvalue weighted by atomic mass is 10.1. The van der Waals surface area contributed by atoms with Crippen LogP contribution in [0.2, 0.25) is 0 Å². The van der Waals surface area contributed by atoms with Gasteiger partial charge in [-0.05, 0) is 12.1 Å². The predicted octanol–water partition coefficient (Wildman–Crippen LogP) is 0.778. The molecule has 0 aliphatic heterocycles. The van der Waals surface area contributed by atoms with Gasteiger partial charge in [0.25, 0.3) is 0 Å². The third kappa shape index (κ3) is 2.48. The molecular weight excluding hydrogens is 276 g/mol. The molecule has 0 amide bonds. The van der Waals surface area contributed by atoms with E-state index in [9.17, 15) is 9.90 Å². The molecule has 21 heavy (non-hydrogen) atoms. The lowest BCUT2D eigenvalue weighted by Gasteiger charge is -2.04. The number of carboxylic acids is 1. The summed E-state index contributed by atoms with van der Waals surface area (Å²) in [7, 11) is 0. The second-order valence-electron chi connectivity index (χ2n) is 4.22. The molecule has 3 aromatic rings. The van der Waals surface area contributed by atoms with Crippen LogP contribution in [0, 0.1) is 6.92 Å². The second kappa shape index (κ2) is 5.12. The third-order valence-corrected chi connectivity index (χ3v) is 2.73. The van der Waals surface area contributed by atoms with Crippen LogP contribution in [0.25, 0.3) is 11.3 Å². The molecule has 0 radical (unpaired) electrons. The van der Waals surface area contributed by atoms with Gasteiger partial charge in [0.15, 0.2) is 11.5 Å². The quantitative estimate of drug-likeness (QED) is 0.747. The zero-order valence-corrected chi connectivity index (χ0v) is 11.0. The molecule has 0 unspecified atom stereocenters. The van der Waals surface area contributed by atoms with Crippen molar-refractivity contribution in [2.75, 3.05) is 0 Å². The number of carboxylic acid groups (broad SMARTS) is 1. The van der Waals surface area contributed by atoms with Crippen LogP contribution < -0.4 is 0 Å². The van der Waals surface area contributed by atoms with Gasteiger partial charge in [0.2, 0.25) is 5.89 Å². The first-order valence-electron chi connectivity index (χ1n) is 6.01. The maximum Gasteiger partial charge on any atom is 0.358 e. The van der Waals surface area contributed by atoms with Gasteiger partial charge < -0.3 is 9.63 Å². The Hall–Kier alpha value is -3.10. The van der Waals surface area contributed by atoms with Gasteiger partial charge in [0, 0.05) is 24.9 Å². The van der Waals surface area contributed by atoms with Gasteiger partial charge in [0.05, 0.1) is 0 Å². The molecule has 0 saturated heterocycles. The van der Waals surface area contributed by atoms with E-state index in [4.69, 9.17) is 4.52 Å². The fourth-order valence-corrected chi connectivity index (χ4v) is 1.90. The molecule has 0 saturated carbocycles. The molecular formula is C12H10N6O3. The number of pyridine rings is 1. The van der Waals surface area contributed by atoms with E-state index in [-0.39, 0.29) is 12.2 Å². The molecule has 9 heteroatoms. The van der Waals surface area contributed by atoms with Crippen LogP contribution in [-0.2, 0) is 6.54 Å². The number of aromatic nitrogens is 6. The van der Waals surface area contributed by atoms with Gasteiger partial charge >= 0.3 is 5.97 Å². The van der Waals surface area contributed by atoms with E-state index in [0.717, 1.165) is 0 Å². The topological polar surface area (TPSA) is 120 Å². The van der Waals surface area contributed by atoms with Crippen molar-refractivity contribution in [3.63, 3.8) is 0 Å². The highest BCUT2D eigenvalue weighted by molar-refractivity contribution is 5.92. The van der Waals surface area contributed by atoms with E-state index in [1.54, 1.807) is 31.5 Å². The van der Waals surface area contributed by atoms with Gasteiger partial charge in [-0.2, -0.15) is 4.98 Å². The first kappa shape index (κ1) is 12.9. The molecule has 3 aromatic heterocycles. The largest absolute Gasteiger partial charge is 0.476 e. The number of nitrogens with zero attached hydrogens (tertiary/aromatic N) is 6. The van der Waals surface area contributed by atoms with Crippen LogP contribution in [0.3, 0.4) is 0 Å². The first-order valence-corrected chi connectivity index (χ1v) is 6.01. The van der Waals surface area contributed by atoms with Crippen LogP contribution in [0.1, 0.15) is 22.2 Å². The zero-order chi connectivity index (χ0) is 14.8. The Morgan fingerprint density at radius 1 is 1.48 bits per heavy atom. The number of carbonyl (C=O) groups is 1. The molecule has 3 rings (SSSR count). The molecule has 3 heterocycles. The summed E-state index contributed by atoms with van der Waals surface area (Å²) in [5, 5.41) is 20.5. The molecule has 0 aromatic carbocycles. The van der Waals surface area contributed by atoms with E-state index in [0.29, 0.717) is 23.0 Å². The molecule has 0 fully saturated rings. The number of hydrogen-bond donors (Lipinski definition) is 1. The molecule has 0 atom stereocenters. The van der Waals surface area contributed by atoms with Crippen molar-refractivity contribution in [1.29, 1.82) is 0 Å². The van der Waals surface area contributed by atoms with E-state index in [1.165, 1.54) is 4.68 Å². The minimum Gasteiger partial charge on any atom is -0.476 e. The van der Waals surface area contributed by atoms with Crippen molar-refractivity contribution < 1.29 is 14.4 Å². The van der Waals surface area contributed by atoms with Crippen molar-refractivity contribution in [1.82, 2.24) is 30.1 Å². The summed E-state index contributed by atoms with van der Waals surface area (Å²) in [6, 6.07) is 3.44.